The average Bonchev–Trinajstić information content (AvgIpc) is 2.82. The summed E-state index contributed by atoms with van der Waals surface area (Å²) in [6.07, 6.45) is 4.56. The average molecular weight is 443 g/mol. The van der Waals surface area contributed by atoms with E-state index in [9.17, 15) is 9.59 Å². The molecule has 0 saturated carbocycles. The van der Waals surface area contributed by atoms with E-state index in [1.165, 1.54) is 0 Å². The standard InChI is InChI=1S/C24H38N6O2/c1-16(2)28-10-7-19(8-11-28)24(32)29-12-5-18(6-13-29)22-26-21-9-14-30(17(3)31)15-20(21)23(25-4)27-22/h16,18-19H,5-15H2,1-4H3,(H,25,26,27). The minimum Gasteiger partial charge on any atom is -0.373 e. The Kier molecular flexibility index (Phi) is 6.98. The van der Waals surface area contributed by atoms with Crippen LogP contribution in [0.1, 0.15) is 69.5 Å². The van der Waals surface area contributed by atoms with E-state index >= 15 is 0 Å². The van der Waals surface area contributed by atoms with Crippen LogP contribution in [0.2, 0.25) is 0 Å². The van der Waals surface area contributed by atoms with Crippen molar-refractivity contribution < 1.29 is 9.59 Å². The highest BCUT2D eigenvalue weighted by Gasteiger charge is 2.33. The van der Waals surface area contributed by atoms with E-state index in [0.29, 0.717) is 25.0 Å². The van der Waals surface area contributed by atoms with Crippen molar-refractivity contribution >= 4 is 17.6 Å². The Hall–Kier alpha value is -2.22. The molecule has 32 heavy (non-hydrogen) atoms. The smallest absolute Gasteiger partial charge is 0.225 e. The van der Waals surface area contributed by atoms with Crippen molar-refractivity contribution in [1.82, 2.24) is 24.7 Å². The Labute approximate surface area is 191 Å². The van der Waals surface area contributed by atoms with Gasteiger partial charge in [0.25, 0.3) is 0 Å². The molecule has 1 N–H and O–H groups in total. The maximum atomic E-state index is 13.1. The fourth-order valence-corrected chi connectivity index (χ4v) is 5.37. The second-order valence-corrected chi connectivity index (χ2v) is 9.80. The maximum absolute atomic E-state index is 13.1. The van der Waals surface area contributed by atoms with E-state index in [1.54, 1.807) is 6.92 Å². The number of amides is 2. The monoisotopic (exact) mass is 442 g/mol. The predicted octanol–water partition coefficient (Wildman–Crippen LogP) is 2.25. The molecule has 4 rings (SSSR count). The first-order valence-corrected chi connectivity index (χ1v) is 12.2. The van der Waals surface area contributed by atoms with Gasteiger partial charge in [0.2, 0.25) is 11.8 Å². The number of rotatable bonds is 4. The van der Waals surface area contributed by atoms with Crippen molar-refractivity contribution in [3.05, 3.63) is 17.1 Å². The molecule has 0 radical (unpaired) electrons. The molecule has 1 aromatic rings. The summed E-state index contributed by atoms with van der Waals surface area (Å²) < 4.78 is 0. The molecular weight excluding hydrogens is 404 g/mol. The van der Waals surface area contributed by atoms with Crippen LogP contribution in [0.15, 0.2) is 0 Å². The first-order chi connectivity index (χ1) is 15.4. The molecule has 0 spiro atoms. The third-order valence-electron chi connectivity index (χ3n) is 7.54. The molecule has 0 aliphatic carbocycles. The summed E-state index contributed by atoms with van der Waals surface area (Å²) in [4.78, 5) is 41.0. The van der Waals surface area contributed by atoms with Crippen LogP contribution in [-0.4, -0.2) is 82.3 Å². The van der Waals surface area contributed by atoms with Crippen molar-refractivity contribution in [2.24, 2.45) is 5.92 Å². The molecule has 0 unspecified atom stereocenters. The summed E-state index contributed by atoms with van der Waals surface area (Å²) in [6.45, 7) is 11.0. The van der Waals surface area contributed by atoms with E-state index < -0.39 is 0 Å². The van der Waals surface area contributed by atoms with Crippen molar-refractivity contribution in [3.8, 4) is 0 Å². The molecule has 4 heterocycles. The first kappa shape index (κ1) is 23.0. The number of nitrogens with zero attached hydrogens (tertiary/aromatic N) is 5. The highest BCUT2D eigenvalue weighted by Crippen LogP contribution is 2.32. The van der Waals surface area contributed by atoms with Crippen LogP contribution in [-0.2, 0) is 22.6 Å². The fourth-order valence-electron chi connectivity index (χ4n) is 5.37. The van der Waals surface area contributed by atoms with Crippen LogP contribution in [0.5, 0.6) is 0 Å². The van der Waals surface area contributed by atoms with Crippen LogP contribution in [0.3, 0.4) is 0 Å². The number of hydrogen-bond acceptors (Lipinski definition) is 6. The molecule has 0 aromatic carbocycles. The number of likely N-dealkylation sites (tertiary alicyclic amines) is 2. The molecule has 2 fully saturated rings. The Morgan fingerprint density at radius 1 is 0.969 bits per heavy atom. The third kappa shape index (κ3) is 4.75. The lowest BCUT2D eigenvalue weighted by Gasteiger charge is -2.38. The molecule has 8 heteroatoms. The Morgan fingerprint density at radius 3 is 2.25 bits per heavy atom. The summed E-state index contributed by atoms with van der Waals surface area (Å²) in [5, 5.41) is 3.22. The maximum Gasteiger partial charge on any atom is 0.225 e. The lowest BCUT2D eigenvalue weighted by molar-refractivity contribution is -0.138. The molecule has 0 atom stereocenters. The number of hydrogen-bond donors (Lipinski definition) is 1. The van der Waals surface area contributed by atoms with Crippen LogP contribution < -0.4 is 5.32 Å². The van der Waals surface area contributed by atoms with Crippen LogP contribution in [0.25, 0.3) is 0 Å². The number of piperidine rings is 2. The molecule has 3 aliphatic rings. The van der Waals surface area contributed by atoms with Gasteiger partial charge in [0.1, 0.15) is 11.6 Å². The number of carbonyl (C=O) groups is 2. The minimum atomic E-state index is 0.0914. The van der Waals surface area contributed by atoms with Crippen molar-refractivity contribution in [2.45, 2.75) is 71.4 Å². The molecule has 2 amide bonds. The summed E-state index contributed by atoms with van der Waals surface area (Å²) in [5.41, 5.74) is 2.10. The summed E-state index contributed by atoms with van der Waals surface area (Å²) in [6, 6.07) is 0.562. The SMILES string of the molecule is CNc1nc(C2CCN(C(=O)C3CCN(C(C)C)CC3)CC2)nc2c1CN(C(C)=O)CC2. The van der Waals surface area contributed by atoms with Gasteiger partial charge in [0.05, 0.1) is 12.2 Å². The number of fused-ring (bicyclic) bond motifs is 1. The van der Waals surface area contributed by atoms with Gasteiger partial charge in [-0.15, -0.1) is 0 Å². The van der Waals surface area contributed by atoms with Crippen LogP contribution in [0, 0.1) is 5.92 Å². The summed E-state index contributed by atoms with van der Waals surface area (Å²) in [7, 11) is 1.88. The van der Waals surface area contributed by atoms with E-state index in [4.69, 9.17) is 9.97 Å². The van der Waals surface area contributed by atoms with E-state index in [2.05, 4.69) is 29.0 Å². The van der Waals surface area contributed by atoms with Crippen LogP contribution >= 0.6 is 0 Å². The summed E-state index contributed by atoms with van der Waals surface area (Å²) >= 11 is 0. The van der Waals surface area contributed by atoms with Gasteiger partial charge >= 0.3 is 0 Å². The fraction of sp³-hybridized carbons (Fsp3) is 0.750. The largest absolute Gasteiger partial charge is 0.373 e. The normalized spacial score (nSPS) is 21.0. The number of nitrogens with one attached hydrogen (secondary N) is 1. The minimum absolute atomic E-state index is 0.0914. The van der Waals surface area contributed by atoms with E-state index in [0.717, 1.165) is 81.2 Å². The molecular formula is C24H38N6O2. The summed E-state index contributed by atoms with van der Waals surface area (Å²) in [5.74, 6) is 2.63. The van der Waals surface area contributed by atoms with Gasteiger partial charge in [-0.05, 0) is 52.6 Å². The molecule has 8 nitrogen and oxygen atoms in total. The van der Waals surface area contributed by atoms with Gasteiger partial charge in [0, 0.05) is 63.5 Å². The van der Waals surface area contributed by atoms with Gasteiger partial charge in [0.15, 0.2) is 0 Å². The highest BCUT2D eigenvalue weighted by atomic mass is 16.2. The Bertz CT molecular complexity index is 824. The lowest BCUT2D eigenvalue weighted by Crippen LogP contribution is -2.46. The van der Waals surface area contributed by atoms with E-state index in [1.807, 2.05) is 11.9 Å². The molecule has 1 aromatic heterocycles. The number of anilines is 1. The molecule has 176 valence electrons. The van der Waals surface area contributed by atoms with Gasteiger partial charge in [-0.3, -0.25) is 9.59 Å². The zero-order valence-corrected chi connectivity index (χ0v) is 20.1. The van der Waals surface area contributed by atoms with Gasteiger partial charge < -0.3 is 20.0 Å². The molecule has 3 aliphatic heterocycles. The Morgan fingerprint density at radius 2 is 1.66 bits per heavy atom. The lowest BCUT2D eigenvalue weighted by atomic mass is 9.91. The zero-order chi connectivity index (χ0) is 22.8. The first-order valence-electron chi connectivity index (χ1n) is 12.2. The Balaban J connectivity index is 1.37. The number of aromatic nitrogens is 2. The van der Waals surface area contributed by atoms with E-state index in [-0.39, 0.29) is 17.7 Å². The van der Waals surface area contributed by atoms with Crippen LogP contribution in [0.4, 0.5) is 5.82 Å². The van der Waals surface area contributed by atoms with Gasteiger partial charge in [-0.1, -0.05) is 0 Å². The predicted molar refractivity (Wildman–Crippen MR) is 124 cm³/mol. The van der Waals surface area contributed by atoms with Gasteiger partial charge in [-0.2, -0.15) is 0 Å². The quantitative estimate of drug-likeness (QED) is 0.770. The van der Waals surface area contributed by atoms with Gasteiger partial charge in [-0.25, -0.2) is 9.97 Å². The van der Waals surface area contributed by atoms with Crippen molar-refractivity contribution in [3.63, 3.8) is 0 Å². The van der Waals surface area contributed by atoms with Crippen molar-refractivity contribution in [1.29, 1.82) is 0 Å². The zero-order valence-electron chi connectivity index (χ0n) is 20.1. The van der Waals surface area contributed by atoms with Crippen molar-refractivity contribution in [2.75, 3.05) is 45.1 Å². The second-order valence-electron chi connectivity index (χ2n) is 9.80. The highest BCUT2D eigenvalue weighted by molar-refractivity contribution is 5.79. The number of carbonyl (C=O) groups excluding carboxylic acids is 2. The second kappa shape index (κ2) is 9.73. The third-order valence-corrected chi connectivity index (χ3v) is 7.54. The topological polar surface area (TPSA) is 81.7 Å². The molecule has 2 saturated heterocycles. The molecule has 0 bridgehead atoms.